The zero-order valence-electron chi connectivity index (χ0n) is 6.77. The van der Waals surface area contributed by atoms with Crippen molar-refractivity contribution in [2.45, 2.75) is 18.6 Å². The third-order valence-corrected chi connectivity index (χ3v) is 1.82. The van der Waals surface area contributed by atoms with Gasteiger partial charge in [0, 0.05) is 0 Å². The highest BCUT2D eigenvalue weighted by atomic mass is 35.5. The second-order valence-electron chi connectivity index (χ2n) is 2.52. The molecule has 1 rings (SSSR count). The maximum absolute atomic E-state index is 9.03. The minimum absolute atomic E-state index is 0.665. The Morgan fingerprint density at radius 3 is 2.42 bits per heavy atom. The van der Waals surface area contributed by atoms with E-state index in [9.17, 15) is 0 Å². The first-order valence-corrected chi connectivity index (χ1v) is 4.17. The summed E-state index contributed by atoms with van der Waals surface area (Å²) in [4.78, 5) is 0. The molecule has 2 unspecified atom stereocenters. The topological polar surface area (TPSA) is 29.5 Å². The maximum Gasteiger partial charge on any atom is 0.197 e. The monoisotopic (exact) mass is 186 g/mol. The molecule has 66 valence electrons. The third kappa shape index (κ3) is 2.72. The van der Waals surface area contributed by atoms with Gasteiger partial charge in [0.25, 0.3) is 0 Å². The van der Waals surface area contributed by atoms with Crippen LogP contribution in [0.3, 0.4) is 0 Å². The average molecular weight is 187 g/mol. The van der Waals surface area contributed by atoms with Crippen molar-refractivity contribution in [3.8, 4) is 5.75 Å². The van der Waals surface area contributed by atoms with E-state index >= 15 is 0 Å². The van der Waals surface area contributed by atoms with Crippen LogP contribution in [0.4, 0.5) is 0 Å². The van der Waals surface area contributed by atoms with Crippen LogP contribution in [0.15, 0.2) is 30.3 Å². The van der Waals surface area contributed by atoms with E-state index in [2.05, 4.69) is 0 Å². The number of halogens is 1. The van der Waals surface area contributed by atoms with Crippen LogP contribution in [0.5, 0.6) is 5.75 Å². The fourth-order valence-corrected chi connectivity index (χ4v) is 0.830. The lowest BCUT2D eigenvalue weighted by atomic mass is 10.3. The molecule has 12 heavy (non-hydrogen) atoms. The molecule has 1 aromatic rings. The molecule has 0 saturated carbocycles. The Bertz CT molecular complexity index is 223. The van der Waals surface area contributed by atoms with Crippen LogP contribution < -0.4 is 4.74 Å². The van der Waals surface area contributed by atoms with Crippen molar-refractivity contribution in [3.63, 3.8) is 0 Å². The molecule has 0 amide bonds. The quantitative estimate of drug-likeness (QED) is 0.732. The van der Waals surface area contributed by atoms with Crippen molar-refractivity contribution in [1.29, 1.82) is 0 Å². The van der Waals surface area contributed by atoms with Crippen molar-refractivity contribution in [2.24, 2.45) is 0 Å². The molecule has 0 aliphatic rings. The number of alkyl halides is 1. The number of rotatable bonds is 3. The maximum atomic E-state index is 9.03. The van der Waals surface area contributed by atoms with Gasteiger partial charge in [-0.05, 0) is 19.1 Å². The van der Waals surface area contributed by atoms with Crippen molar-refractivity contribution in [2.75, 3.05) is 0 Å². The Balaban J connectivity index is 2.53. The van der Waals surface area contributed by atoms with Gasteiger partial charge in [-0.15, -0.1) is 0 Å². The minimum atomic E-state index is -0.688. The van der Waals surface area contributed by atoms with Crippen LogP contribution in [0.25, 0.3) is 0 Å². The van der Waals surface area contributed by atoms with E-state index in [0.29, 0.717) is 5.75 Å². The van der Waals surface area contributed by atoms with Crippen molar-refractivity contribution < 1.29 is 9.84 Å². The van der Waals surface area contributed by atoms with Crippen LogP contribution in [-0.4, -0.2) is 16.8 Å². The Kier molecular flexibility index (Phi) is 3.38. The largest absolute Gasteiger partial charge is 0.472 e. The van der Waals surface area contributed by atoms with Gasteiger partial charge in [0.05, 0.1) is 0 Å². The summed E-state index contributed by atoms with van der Waals surface area (Å²) in [6.45, 7) is 1.58. The standard InChI is InChI=1S/C9H11ClO2/c1-7(11)9(10)12-8-5-3-2-4-6-8/h2-7,9,11H,1H3. The molecule has 0 aliphatic heterocycles. The molecule has 0 saturated heterocycles. The number of ether oxygens (including phenoxy) is 1. The SMILES string of the molecule is CC(O)C(Cl)Oc1ccccc1. The molecule has 0 aliphatic carbocycles. The minimum Gasteiger partial charge on any atom is -0.472 e. The van der Waals surface area contributed by atoms with E-state index in [1.165, 1.54) is 0 Å². The predicted molar refractivity (Wildman–Crippen MR) is 48.4 cm³/mol. The highest BCUT2D eigenvalue weighted by molar-refractivity contribution is 6.20. The van der Waals surface area contributed by atoms with E-state index < -0.39 is 11.7 Å². The second-order valence-corrected chi connectivity index (χ2v) is 2.95. The van der Waals surface area contributed by atoms with Crippen LogP contribution in [0.1, 0.15) is 6.92 Å². The molecular formula is C9H11ClO2. The van der Waals surface area contributed by atoms with E-state index in [1.54, 1.807) is 19.1 Å². The first-order valence-electron chi connectivity index (χ1n) is 3.74. The first kappa shape index (κ1) is 9.36. The molecule has 1 N–H and O–H groups in total. The van der Waals surface area contributed by atoms with Gasteiger partial charge in [0.15, 0.2) is 5.56 Å². The van der Waals surface area contributed by atoms with Gasteiger partial charge in [0.1, 0.15) is 11.9 Å². The summed E-state index contributed by atoms with van der Waals surface area (Å²) in [6, 6.07) is 9.16. The highest BCUT2D eigenvalue weighted by Gasteiger charge is 2.11. The van der Waals surface area contributed by atoms with Gasteiger partial charge in [0.2, 0.25) is 0 Å². The normalized spacial score (nSPS) is 15.2. The molecule has 0 bridgehead atoms. The fourth-order valence-electron chi connectivity index (χ4n) is 0.728. The molecule has 2 atom stereocenters. The number of aliphatic hydroxyl groups is 1. The van der Waals surface area contributed by atoms with Gasteiger partial charge in [-0.1, -0.05) is 29.8 Å². The van der Waals surface area contributed by atoms with Gasteiger partial charge in [-0.3, -0.25) is 0 Å². The number of aliphatic hydroxyl groups excluding tert-OH is 1. The van der Waals surface area contributed by atoms with Crippen molar-refractivity contribution in [3.05, 3.63) is 30.3 Å². The van der Waals surface area contributed by atoms with Crippen molar-refractivity contribution >= 4 is 11.6 Å². The third-order valence-electron chi connectivity index (χ3n) is 1.37. The summed E-state index contributed by atoms with van der Waals surface area (Å²) in [5.74, 6) is 0.665. The molecule has 0 aromatic heterocycles. The summed E-state index contributed by atoms with van der Waals surface area (Å²) >= 11 is 5.68. The van der Waals surface area contributed by atoms with Gasteiger partial charge >= 0.3 is 0 Å². The lowest BCUT2D eigenvalue weighted by molar-refractivity contribution is 0.0972. The molecule has 0 heterocycles. The molecule has 1 aromatic carbocycles. The smallest absolute Gasteiger partial charge is 0.197 e. The summed E-state index contributed by atoms with van der Waals surface area (Å²) < 4.78 is 5.19. The van der Waals surface area contributed by atoms with Gasteiger partial charge in [-0.25, -0.2) is 0 Å². The first-order chi connectivity index (χ1) is 5.70. The zero-order chi connectivity index (χ0) is 8.97. The molecule has 2 nitrogen and oxygen atoms in total. The van der Waals surface area contributed by atoms with E-state index in [0.717, 1.165) is 0 Å². The number of hydrogen-bond acceptors (Lipinski definition) is 2. The Hall–Kier alpha value is -0.730. The highest BCUT2D eigenvalue weighted by Crippen LogP contribution is 2.14. The van der Waals surface area contributed by atoms with Crippen LogP contribution in [-0.2, 0) is 0 Å². The van der Waals surface area contributed by atoms with Crippen LogP contribution in [0, 0.1) is 0 Å². The lowest BCUT2D eigenvalue weighted by Gasteiger charge is -2.14. The summed E-state index contributed by atoms with van der Waals surface area (Å²) in [5, 5.41) is 9.03. The lowest BCUT2D eigenvalue weighted by Crippen LogP contribution is -2.22. The molecule has 0 spiro atoms. The van der Waals surface area contributed by atoms with Crippen LogP contribution in [0.2, 0.25) is 0 Å². The Morgan fingerprint density at radius 1 is 1.33 bits per heavy atom. The van der Waals surface area contributed by atoms with Crippen LogP contribution >= 0.6 is 11.6 Å². The average Bonchev–Trinajstić information content (AvgIpc) is 2.06. The van der Waals surface area contributed by atoms with Gasteiger partial charge < -0.3 is 9.84 Å². The Labute approximate surface area is 76.7 Å². The molecule has 0 radical (unpaired) electrons. The number of hydrogen-bond donors (Lipinski definition) is 1. The van der Waals surface area contributed by atoms with Gasteiger partial charge in [-0.2, -0.15) is 0 Å². The summed E-state index contributed by atoms with van der Waals surface area (Å²) in [5.41, 5.74) is -0.688. The molecular weight excluding hydrogens is 176 g/mol. The van der Waals surface area contributed by atoms with E-state index in [4.69, 9.17) is 21.4 Å². The molecule has 0 fully saturated rings. The van der Waals surface area contributed by atoms with Crippen molar-refractivity contribution in [1.82, 2.24) is 0 Å². The number of para-hydroxylation sites is 1. The second kappa shape index (κ2) is 4.33. The van der Waals surface area contributed by atoms with E-state index in [1.807, 2.05) is 18.2 Å². The fraction of sp³-hybridized carbons (Fsp3) is 0.333. The number of benzene rings is 1. The van der Waals surface area contributed by atoms with E-state index in [-0.39, 0.29) is 0 Å². The zero-order valence-corrected chi connectivity index (χ0v) is 7.53. The summed E-state index contributed by atoms with van der Waals surface area (Å²) in [6.07, 6.45) is -0.674. The summed E-state index contributed by atoms with van der Waals surface area (Å²) in [7, 11) is 0. The molecule has 3 heteroatoms. The predicted octanol–water partition coefficient (Wildman–Crippen LogP) is 2.01. The Morgan fingerprint density at radius 2 is 1.92 bits per heavy atom.